The van der Waals surface area contributed by atoms with Crippen molar-refractivity contribution in [2.45, 2.75) is 45.4 Å². The molecule has 1 rings (SSSR count). The number of hydrogen-bond donors (Lipinski definition) is 0. The molecule has 0 atom stereocenters. The Hall–Kier alpha value is -1.55. The molecule has 0 N–H and O–H groups in total. The van der Waals surface area contributed by atoms with Crippen LogP contribution in [0.5, 0.6) is 0 Å². The predicted molar refractivity (Wildman–Crippen MR) is 75.1 cm³/mol. The average molecular weight is 227 g/mol. The van der Waals surface area contributed by atoms with Gasteiger partial charge in [-0.25, -0.2) is 4.85 Å². The van der Waals surface area contributed by atoms with Gasteiger partial charge >= 0.3 is 0 Å². The Kier molecular flexibility index (Phi) is 6.82. The first-order chi connectivity index (χ1) is 8.38. The predicted octanol–water partition coefficient (Wildman–Crippen LogP) is 5.61. The fourth-order valence-electron chi connectivity index (χ4n) is 1.81. The zero-order chi connectivity index (χ0) is 12.3. The fraction of sp³-hybridized carbons (Fsp3) is 0.438. The third-order valence-corrected chi connectivity index (χ3v) is 2.83. The van der Waals surface area contributed by atoms with Gasteiger partial charge in [0.25, 0.3) is 0 Å². The van der Waals surface area contributed by atoms with Crippen molar-refractivity contribution in [1.29, 1.82) is 0 Å². The molecule has 0 saturated heterocycles. The molecule has 0 bridgehead atoms. The molecule has 1 heteroatoms. The van der Waals surface area contributed by atoms with E-state index in [1.807, 2.05) is 24.3 Å². The van der Waals surface area contributed by atoms with Crippen molar-refractivity contribution in [3.8, 4) is 0 Å². The molecule has 0 aliphatic carbocycles. The standard InChI is InChI=1S/C16H21N/c1-3-4-5-6-7-8-9-12-15-13-10-11-14-16(15)17-2/h9-14H,3-8H2,1H3/b12-9+. The Balaban J connectivity index is 2.31. The maximum atomic E-state index is 7.07. The lowest BCUT2D eigenvalue weighted by Gasteiger charge is -1.98. The number of rotatable bonds is 7. The first-order valence-electron chi connectivity index (χ1n) is 6.51. The van der Waals surface area contributed by atoms with Crippen molar-refractivity contribution in [3.05, 3.63) is 47.3 Å². The highest BCUT2D eigenvalue weighted by atomic mass is 14.6. The second kappa shape index (κ2) is 8.58. The molecule has 0 spiro atoms. The Morgan fingerprint density at radius 2 is 1.88 bits per heavy atom. The van der Waals surface area contributed by atoms with E-state index in [9.17, 15) is 0 Å². The summed E-state index contributed by atoms with van der Waals surface area (Å²) in [5, 5.41) is 0. The highest BCUT2D eigenvalue weighted by Gasteiger charge is 1.95. The number of unbranched alkanes of at least 4 members (excludes halogenated alkanes) is 5. The molecule has 0 saturated carbocycles. The van der Waals surface area contributed by atoms with E-state index in [2.05, 4.69) is 23.9 Å². The van der Waals surface area contributed by atoms with Crippen molar-refractivity contribution in [3.63, 3.8) is 0 Å². The van der Waals surface area contributed by atoms with Crippen LogP contribution in [0.15, 0.2) is 30.3 Å². The van der Waals surface area contributed by atoms with Crippen LogP contribution in [0, 0.1) is 6.57 Å². The largest absolute Gasteiger partial charge is 0.238 e. The highest BCUT2D eigenvalue weighted by molar-refractivity contribution is 5.66. The third kappa shape index (κ3) is 5.36. The van der Waals surface area contributed by atoms with Gasteiger partial charge in [0.2, 0.25) is 0 Å². The highest BCUT2D eigenvalue weighted by Crippen LogP contribution is 2.20. The molecule has 0 aliphatic rings. The van der Waals surface area contributed by atoms with E-state index >= 15 is 0 Å². The summed E-state index contributed by atoms with van der Waals surface area (Å²) in [6, 6.07) is 7.76. The average Bonchev–Trinajstić information content (AvgIpc) is 2.38. The van der Waals surface area contributed by atoms with Gasteiger partial charge in [0.1, 0.15) is 0 Å². The Morgan fingerprint density at radius 3 is 2.65 bits per heavy atom. The minimum Gasteiger partial charge on any atom is -0.238 e. The number of allylic oxidation sites excluding steroid dienone is 1. The van der Waals surface area contributed by atoms with E-state index in [1.54, 1.807) is 0 Å². The maximum absolute atomic E-state index is 7.07. The van der Waals surface area contributed by atoms with E-state index in [1.165, 1.54) is 32.1 Å². The molecule has 1 aromatic rings. The summed E-state index contributed by atoms with van der Waals surface area (Å²) >= 11 is 0. The van der Waals surface area contributed by atoms with Gasteiger partial charge in [0.15, 0.2) is 5.69 Å². The van der Waals surface area contributed by atoms with Crippen LogP contribution >= 0.6 is 0 Å². The molecule has 0 amide bonds. The molecule has 1 aromatic carbocycles. The van der Waals surface area contributed by atoms with Crippen LogP contribution in [0.25, 0.3) is 10.9 Å². The van der Waals surface area contributed by atoms with Crippen LogP contribution in [0.3, 0.4) is 0 Å². The summed E-state index contributed by atoms with van der Waals surface area (Å²) in [5.74, 6) is 0. The van der Waals surface area contributed by atoms with Gasteiger partial charge in [-0.3, -0.25) is 0 Å². The van der Waals surface area contributed by atoms with Gasteiger partial charge in [0, 0.05) is 0 Å². The van der Waals surface area contributed by atoms with Crippen molar-refractivity contribution < 1.29 is 0 Å². The molecular formula is C16H21N. The Morgan fingerprint density at radius 1 is 1.12 bits per heavy atom. The van der Waals surface area contributed by atoms with E-state index < -0.39 is 0 Å². The lowest BCUT2D eigenvalue weighted by Crippen LogP contribution is -1.76. The SMILES string of the molecule is [C-]#[N+]c1ccccc1/C=C/CCCCCCC. The Bertz CT molecular complexity index is 385. The van der Waals surface area contributed by atoms with Gasteiger partial charge in [-0.2, -0.15) is 0 Å². The van der Waals surface area contributed by atoms with Gasteiger partial charge in [-0.15, -0.1) is 0 Å². The van der Waals surface area contributed by atoms with Crippen molar-refractivity contribution in [2.75, 3.05) is 0 Å². The van der Waals surface area contributed by atoms with Crippen LogP contribution in [0.2, 0.25) is 0 Å². The summed E-state index contributed by atoms with van der Waals surface area (Å²) in [6.07, 6.45) is 12.0. The molecule has 0 fully saturated rings. The van der Waals surface area contributed by atoms with Crippen molar-refractivity contribution in [2.24, 2.45) is 0 Å². The van der Waals surface area contributed by atoms with Gasteiger partial charge in [-0.05, 0) is 18.4 Å². The number of hydrogen-bond acceptors (Lipinski definition) is 0. The van der Waals surface area contributed by atoms with Crippen LogP contribution in [0.4, 0.5) is 5.69 Å². The number of nitrogens with zero attached hydrogens (tertiary/aromatic N) is 1. The number of benzene rings is 1. The molecule has 0 unspecified atom stereocenters. The van der Waals surface area contributed by atoms with Crippen molar-refractivity contribution in [1.82, 2.24) is 0 Å². The summed E-state index contributed by atoms with van der Waals surface area (Å²) in [7, 11) is 0. The lowest BCUT2D eigenvalue weighted by molar-refractivity contribution is 0.638. The lowest BCUT2D eigenvalue weighted by atomic mass is 10.1. The maximum Gasteiger partial charge on any atom is 0.194 e. The molecular weight excluding hydrogens is 206 g/mol. The summed E-state index contributed by atoms with van der Waals surface area (Å²) in [4.78, 5) is 3.51. The van der Waals surface area contributed by atoms with E-state index in [0.717, 1.165) is 17.7 Å². The smallest absolute Gasteiger partial charge is 0.194 e. The van der Waals surface area contributed by atoms with Gasteiger partial charge < -0.3 is 0 Å². The second-order valence-corrected chi connectivity index (χ2v) is 4.28. The summed E-state index contributed by atoms with van der Waals surface area (Å²) < 4.78 is 0. The van der Waals surface area contributed by atoms with Gasteiger partial charge in [0.05, 0.1) is 6.57 Å². The topological polar surface area (TPSA) is 4.36 Å². The second-order valence-electron chi connectivity index (χ2n) is 4.28. The molecule has 0 aliphatic heterocycles. The Labute approximate surface area is 105 Å². The quantitative estimate of drug-likeness (QED) is 0.421. The van der Waals surface area contributed by atoms with Crippen LogP contribution in [0.1, 0.15) is 51.0 Å². The first kappa shape index (κ1) is 13.5. The first-order valence-corrected chi connectivity index (χ1v) is 6.51. The molecule has 90 valence electrons. The fourth-order valence-corrected chi connectivity index (χ4v) is 1.81. The normalized spacial score (nSPS) is 10.6. The molecule has 0 radical (unpaired) electrons. The minimum absolute atomic E-state index is 0.745. The zero-order valence-electron chi connectivity index (χ0n) is 10.7. The van der Waals surface area contributed by atoms with Gasteiger partial charge in [-0.1, -0.05) is 69.0 Å². The molecule has 0 heterocycles. The number of para-hydroxylation sites is 1. The minimum atomic E-state index is 0.745. The van der Waals surface area contributed by atoms with E-state index in [4.69, 9.17) is 6.57 Å². The molecule has 1 nitrogen and oxygen atoms in total. The van der Waals surface area contributed by atoms with Crippen LogP contribution < -0.4 is 0 Å². The summed E-state index contributed by atoms with van der Waals surface area (Å²) in [6.45, 7) is 9.31. The molecule has 17 heavy (non-hydrogen) atoms. The van der Waals surface area contributed by atoms with Crippen LogP contribution in [-0.4, -0.2) is 0 Å². The zero-order valence-corrected chi connectivity index (χ0v) is 10.7. The third-order valence-electron chi connectivity index (χ3n) is 2.83. The monoisotopic (exact) mass is 227 g/mol. The summed E-state index contributed by atoms with van der Waals surface area (Å²) in [5.41, 5.74) is 1.78. The van der Waals surface area contributed by atoms with E-state index in [0.29, 0.717) is 0 Å². The molecule has 0 aromatic heterocycles. The van der Waals surface area contributed by atoms with Crippen LogP contribution in [-0.2, 0) is 0 Å². The van der Waals surface area contributed by atoms with E-state index in [-0.39, 0.29) is 0 Å². The van der Waals surface area contributed by atoms with Crippen molar-refractivity contribution >= 4 is 11.8 Å².